The summed E-state index contributed by atoms with van der Waals surface area (Å²) < 4.78 is 30.8. The van der Waals surface area contributed by atoms with Crippen LogP contribution in [0.15, 0.2) is 11.6 Å². The fourth-order valence-electron chi connectivity index (χ4n) is 1.50. The van der Waals surface area contributed by atoms with Gasteiger partial charge in [-0.1, -0.05) is 6.92 Å². The number of carbonyl (C=O) groups excluding carboxylic acids is 1. The minimum Gasteiger partial charge on any atom is -0.469 e. The number of aromatic nitrogens is 1. The van der Waals surface area contributed by atoms with E-state index in [1.807, 2.05) is 12.3 Å². The molecule has 0 spiro atoms. The zero-order valence-electron chi connectivity index (χ0n) is 11.0. The van der Waals surface area contributed by atoms with Crippen LogP contribution in [0.3, 0.4) is 0 Å². The van der Waals surface area contributed by atoms with Crippen LogP contribution in [0.4, 0.5) is 0 Å². The molecule has 1 rings (SSSR count). The third kappa shape index (κ3) is 5.66. The summed E-state index contributed by atoms with van der Waals surface area (Å²) in [6.07, 6.45) is 2.62. The molecule has 1 N–H and O–H groups in total. The number of hydrogen-bond acceptors (Lipinski definition) is 6. The maximum Gasteiger partial charge on any atom is 0.305 e. The van der Waals surface area contributed by atoms with Crippen molar-refractivity contribution in [2.24, 2.45) is 0 Å². The van der Waals surface area contributed by atoms with E-state index < -0.39 is 16.0 Å². The van der Waals surface area contributed by atoms with E-state index in [4.69, 9.17) is 0 Å². The van der Waals surface area contributed by atoms with Crippen molar-refractivity contribution in [2.75, 3.05) is 12.9 Å². The third-order valence-electron chi connectivity index (χ3n) is 2.50. The van der Waals surface area contributed by atoms with Crippen LogP contribution in [0.5, 0.6) is 0 Å². The van der Waals surface area contributed by atoms with Crippen LogP contribution in [0, 0.1) is 0 Å². The number of sulfonamides is 1. The van der Waals surface area contributed by atoms with Crippen LogP contribution >= 0.6 is 11.3 Å². The molecular weight excluding hydrogens is 288 g/mol. The average Bonchev–Trinajstić information content (AvgIpc) is 2.89. The second-order valence-electron chi connectivity index (χ2n) is 3.95. The average molecular weight is 306 g/mol. The van der Waals surface area contributed by atoms with Gasteiger partial charge in [0.25, 0.3) is 0 Å². The van der Waals surface area contributed by atoms with Crippen molar-refractivity contribution >= 4 is 27.3 Å². The molecule has 108 valence electrons. The van der Waals surface area contributed by atoms with Crippen LogP contribution in [0.25, 0.3) is 0 Å². The van der Waals surface area contributed by atoms with Crippen LogP contribution in [-0.4, -0.2) is 32.2 Å². The third-order valence-corrected chi connectivity index (χ3v) is 4.86. The molecule has 6 nitrogen and oxygen atoms in total. The Hall–Kier alpha value is -0.990. The summed E-state index contributed by atoms with van der Waals surface area (Å²) in [5.41, 5.74) is 0. The maximum absolute atomic E-state index is 11.9. The first-order valence-corrected chi connectivity index (χ1v) is 8.48. The quantitative estimate of drug-likeness (QED) is 0.735. The topological polar surface area (TPSA) is 85.4 Å². The van der Waals surface area contributed by atoms with Gasteiger partial charge in [-0.3, -0.25) is 4.79 Å². The van der Waals surface area contributed by atoms with Gasteiger partial charge in [-0.15, -0.1) is 11.3 Å². The van der Waals surface area contributed by atoms with Crippen molar-refractivity contribution in [3.05, 3.63) is 16.6 Å². The first-order valence-electron chi connectivity index (χ1n) is 5.94. The van der Waals surface area contributed by atoms with Gasteiger partial charge >= 0.3 is 5.97 Å². The molecule has 19 heavy (non-hydrogen) atoms. The highest BCUT2D eigenvalue weighted by Crippen LogP contribution is 2.19. The van der Waals surface area contributed by atoms with Gasteiger partial charge in [-0.25, -0.2) is 18.1 Å². The molecule has 0 aliphatic heterocycles. The Labute approximate surface area is 117 Å². The first kappa shape index (κ1) is 16.1. The predicted molar refractivity (Wildman–Crippen MR) is 73.3 cm³/mol. The van der Waals surface area contributed by atoms with Gasteiger partial charge in [0, 0.05) is 18.0 Å². The van der Waals surface area contributed by atoms with E-state index in [9.17, 15) is 13.2 Å². The van der Waals surface area contributed by atoms with E-state index >= 15 is 0 Å². The lowest BCUT2D eigenvalue weighted by Crippen LogP contribution is -2.30. The Bertz CT molecular complexity index is 485. The van der Waals surface area contributed by atoms with Crippen molar-refractivity contribution in [1.29, 1.82) is 0 Å². The molecule has 1 heterocycles. The number of thiazole rings is 1. The minimum absolute atomic E-state index is 0.0933. The fourth-order valence-corrected chi connectivity index (χ4v) is 3.70. The number of nitrogens with zero attached hydrogens (tertiary/aromatic N) is 1. The van der Waals surface area contributed by atoms with E-state index in [2.05, 4.69) is 14.4 Å². The van der Waals surface area contributed by atoms with Crippen molar-refractivity contribution < 1.29 is 17.9 Å². The van der Waals surface area contributed by atoms with Crippen LogP contribution in [0.1, 0.15) is 37.2 Å². The number of esters is 1. The molecular formula is C11H18N2O4S2. The molecule has 0 bridgehead atoms. The number of carbonyl (C=O) groups is 1. The molecule has 1 atom stereocenters. The van der Waals surface area contributed by atoms with E-state index in [1.165, 1.54) is 18.4 Å². The van der Waals surface area contributed by atoms with Gasteiger partial charge in [-0.2, -0.15) is 0 Å². The normalized spacial score (nSPS) is 13.2. The lowest BCUT2D eigenvalue weighted by molar-refractivity contribution is -0.140. The summed E-state index contributed by atoms with van der Waals surface area (Å²) in [6.45, 7) is 1.89. The zero-order chi connectivity index (χ0) is 14.3. The second-order valence-corrected chi connectivity index (χ2v) is 6.75. The van der Waals surface area contributed by atoms with Gasteiger partial charge in [0.2, 0.25) is 10.0 Å². The molecule has 1 unspecified atom stereocenters. The van der Waals surface area contributed by atoms with Gasteiger partial charge in [0.1, 0.15) is 5.01 Å². The van der Waals surface area contributed by atoms with Crippen molar-refractivity contribution in [3.63, 3.8) is 0 Å². The van der Waals surface area contributed by atoms with E-state index in [0.29, 0.717) is 6.42 Å². The summed E-state index contributed by atoms with van der Waals surface area (Å²) in [4.78, 5) is 15.0. The molecule has 0 aromatic carbocycles. The lowest BCUT2D eigenvalue weighted by Gasteiger charge is -2.14. The molecule has 0 fully saturated rings. The SMILES string of the molecule is CCC(NS(=O)(=O)CCCC(=O)OC)c1nccs1. The number of methoxy groups -OCH3 is 1. The van der Waals surface area contributed by atoms with Gasteiger partial charge in [-0.05, 0) is 12.8 Å². The fraction of sp³-hybridized carbons (Fsp3) is 0.636. The van der Waals surface area contributed by atoms with Crippen LogP contribution in [-0.2, 0) is 19.6 Å². The van der Waals surface area contributed by atoms with E-state index in [-0.39, 0.29) is 24.6 Å². The zero-order valence-corrected chi connectivity index (χ0v) is 12.6. The molecule has 0 radical (unpaired) electrons. The molecule has 0 aliphatic carbocycles. The Balaban J connectivity index is 2.51. The molecule has 0 aliphatic rings. The Morgan fingerprint density at radius 3 is 2.84 bits per heavy atom. The number of hydrogen-bond donors (Lipinski definition) is 1. The molecule has 0 saturated heterocycles. The lowest BCUT2D eigenvalue weighted by atomic mass is 10.3. The van der Waals surface area contributed by atoms with Gasteiger partial charge < -0.3 is 4.74 Å². The number of nitrogens with one attached hydrogen (secondary N) is 1. The highest BCUT2D eigenvalue weighted by molar-refractivity contribution is 7.89. The number of ether oxygens (including phenoxy) is 1. The van der Waals surface area contributed by atoms with E-state index in [0.717, 1.165) is 5.01 Å². The Morgan fingerprint density at radius 2 is 2.32 bits per heavy atom. The van der Waals surface area contributed by atoms with Crippen LogP contribution < -0.4 is 4.72 Å². The Kier molecular flexibility index (Phi) is 6.40. The highest BCUT2D eigenvalue weighted by atomic mass is 32.2. The summed E-state index contributed by atoms with van der Waals surface area (Å²) in [7, 11) is -2.13. The Morgan fingerprint density at radius 1 is 1.58 bits per heavy atom. The largest absolute Gasteiger partial charge is 0.469 e. The van der Waals surface area contributed by atoms with Gasteiger partial charge in [0.15, 0.2) is 0 Å². The van der Waals surface area contributed by atoms with E-state index in [1.54, 1.807) is 6.20 Å². The monoisotopic (exact) mass is 306 g/mol. The summed E-state index contributed by atoms with van der Waals surface area (Å²) in [6, 6.07) is -0.303. The maximum atomic E-state index is 11.9. The van der Waals surface area contributed by atoms with Crippen LogP contribution in [0.2, 0.25) is 0 Å². The second kappa shape index (κ2) is 7.56. The van der Waals surface area contributed by atoms with Crippen molar-refractivity contribution in [2.45, 2.75) is 32.2 Å². The molecule has 1 aromatic heterocycles. The molecule has 0 amide bonds. The standard InChI is InChI=1S/C11H18N2O4S2/c1-3-9(11-12-6-7-18-11)13-19(15,16)8-4-5-10(14)17-2/h6-7,9,13H,3-5,8H2,1-2H3. The highest BCUT2D eigenvalue weighted by Gasteiger charge is 2.20. The molecule has 1 aromatic rings. The summed E-state index contributed by atoms with van der Waals surface area (Å²) in [5, 5.41) is 2.56. The molecule has 8 heteroatoms. The first-order chi connectivity index (χ1) is 8.98. The summed E-state index contributed by atoms with van der Waals surface area (Å²) in [5.74, 6) is -0.494. The summed E-state index contributed by atoms with van der Waals surface area (Å²) >= 11 is 1.42. The number of rotatable bonds is 8. The predicted octanol–water partition coefficient (Wildman–Crippen LogP) is 1.47. The smallest absolute Gasteiger partial charge is 0.305 e. The molecule has 0 saturated carbocycles. The van der Waals surface area contributed by atoms with Crippen molar-refractivity contribution in [3.8, 4) is 0 Å². The van der Waals surface area contributed by atoms with Crippen molar-refractivity contribution in [1.82, 2.24) is 9.71 Å². The van der Waals surface area contributed by atoms with Gasteiger partial charge in [0.05, 0.1) is 18.9 Å². The minimum atomic E-state index is -3.41.